The van der Waals surface area contributed by atoms with Crippen LogP contribution in [-0.4, -0.2) is 46.0 Å². The minimum atomic E-state index is -0.529. The van der Waals surface area contributed by atoms with Crippen LogP contribution in [0.4, 0.5) is 21.8 Å². The second-order valence-corrected chi connectivity index (χ2v) is 6.69. The van der Waals surface area contributed by atoms with E-state index in [4.69, 9.17) is 4.74 Å². The molecular formula is C20H20FN7O2. The van der Waals surface area contributed by atoms with Gasteiger partial charge in [-0.05, 0) is 25.0 Å². The van der Waals surface area contributed by atoms with Crippen LogP contribution >= 0.6 is 0 Å². The third kappa shape index (κ3) is 4.12. The number of ether oxygens (including phenoxy) is 1. The molecule has 0 radical (unpaired) electrons. The molecule has 154 valence electrons. The van der Waals surface area contributed by atoms with Crippen LogP contribution in [0.2, 0.25) is 0 Å². The van der Waals surface area contributed by atoms with E-state index >= 15 is 0 Å². The first-order valence-corrected chi connectivity index (χ1v) is 9.36. The number of carbonyl (C=O) groups is 1. The van der Waals surface area contributed by atoms with Crippen molar-refractivity contribution in [1.82, 2.24) is 25.3 Å². The molecule has 4 rings (SSSR count). The Morgan fingerprint density at radius 2 is 1.93 bits per heavy atom. The molecule has 1 amide bonds. The predicted molar refractivity (Wildman–Crippen MR) is 109 cm³/mol. The van der Waals surface area contributed by atoms with Gasteiger partial charge in [-0.2, -0.15) is 4.98 Å². The summed E-state index contributed by atoms with van der Waals surface area (Å²) >= 11 is 0. The fourth-order valence-corrected chi connectivity index (χ4v) is 2.87. The van der Waals surface area contributed by atoms with Crippen LogP contribution in [0.15, 0.2) is 36.8 Å². The van der Waals surface area contributed by atoms with Crippen LogP contribution in [0.1, 0.15) is 23.2 Å². The van der Waals surface area contributed by atoms with Gasteiger partial charge in [-0.25, -0.2) is 19.3 Å². The topological polar surface area (TPSA) is 114 Å². The highest BCUT2D eigenvalue weighted by atomic mass is 19.1. The summed E-state index contributed by atoms with van der Waals surface area (Å²) in [6.07, 6.45) is 5.78. The molecule has 1 saturated carbocycles. The number of carbonyl (C=O) groups excluding carboxylic acids is 1. The molecule has 10 heteroatoms. The number of nitrogens with zero attached hydrogens (tertiary/aromatic N) is 4. The lowest BCUT2D eigenvalue weighted by atomic mass is 10.1. The van der Waals surface area contributed by atoms with Crippen LogP contribution in [0.25, 0.3) is 11.4 Å². The van der Waals surface area contributed by atoms with Gasteiger partial charge in [0.1, 0.15) is 11.4 Å². The van der Waals surface area contributed by atoms with Gasteiger partial charge in [0, 0.05) is 19.3 Å². The van der Waals surface area contributed by atoms with E-state index in [1.165, 1.54) is 20.4 Å². The zero-order chi connectivity index (χ0) is 21.1. The maximum absolute atomic E-state index is 13.2. The molecular weight excluding hydrogens is 389 g/mol. The van der Waals surface area contributed by atoms with Crippen LogP contribution in [0.5, 0.6) is 5.75 Å². The molecule has 2 heterocycles. The molecule has 3 N–H and O–H groups in total. The summed E-state index contributed by atoms with van der Waals surface area (Å²) in [4.78, 5) is 29.1. The number of nitrogens with one attached hydrogen (secondary N) is 3. The first-order chi connectivity index (χ1) is 14.6. The first kappa shape index (κ1) is 19.5. The van der Waals surface area contributed by atoms with Gasteiger partial charge in [0.25, 0.3) is 5.91 Å². The molecule has 0 unspecified atom stereocenters. The number of hydrogen-bond donors (Lipinski definition) is 3. The molecule has 1 aromatic carbocycles. The van der Waals surface area contributed by atoms with Gasteiger partial charge in [0.05, 0.1) is 30.8 Å². The lowest BCUT2D eigenvalue weighted by Gasteiger charge is -2.16. The van der Waals surface area contributed by atoms with Gasteiger partial charge < -0.3 is 20.7 Å². The van der Waals surface area contributed by atoms with Crippen LogP contribution < -0.4 is 20.7 Å². The summed E-state index contributed by atoms with van der Waals surface area (Å²) < 4.78 is 18.8. The van der Waals surface area contributed by atoms with Crippen LogP contribution in [-0.2, 0) is 0 Å². The SMILES string of the molecule is CNC(=O)c1cnc(NC2CC2)nc1Nc1cccc(-c2ncc(F)cn2)c1OC. The van der Waals surface area contributed by atoms with Crippen molar-refractivity contribution in [1.29, 1.82) is 0 Å². The predicted octanol–water partition coefficient (Wildman–Crippen LogP) is 2.76. The highest BCUT2D eigenvalue weighted by Crippen LogP contribution is 2.36. The standard InChI is InChI=1S/C20H20FN7O2/c1-22-19(29)14-10-25-20(26-12-6-7-12)28-18(14)27-15-5-3-4-13(16(15)30-2)17-23-8-11(21)9-24-17/h3-5,8-10,12H,6-7H2,1-2H3,(H,22,29)(H2,25,26,27,28). The maximum atomic E-state index is 13.2. The molecule has 9 nitrogen and oxygen atoms in total. The molecule has 1 aliphatic carbocycles. The number of methoxy groups -OCH3 is 1. The summed E-state index contributed by atoms with van der Waals surface area (Å²) in [5, 5.41) is 8.96. The largest absolute Gasteiger partial charge is 0.494 e. The second-order valence-electron chi connectivity index (χ2n) is 6.69. The third-order valence-corrected chi connectivity index (χ3v) is 4.50. The zero-order valence-corrected chi connectivity index (χ0v) is 16.4. The molecule has 30 heavy (non-hydrogen) atoms. The van der Waals surface area contributed by atoms with E-state index in [1.54, 1.807) is 18.2 Å². The fraction of sp³-hybridized carbons (Fsp3) is 0.250. The van der Waals surface area contributed by atoms with E-state index < -0.39 is 5.82 Å². The number of benzene rings is 1. The van der Waals surface area contributed by atoms with Gasteiger partial charge in [0.15, 0.2) is 17.4 Å². The van der Waals surface area contributed by atoms with Gasteiger partial charge in [-0.1, -0.05) is 6.07 Å². The van der Waals surface area contributed by atoms with Crippen molar-refractivity contribution in [3.8, 4) is 17.1 Å². The number of amides is 1. The number of halogens is 1. The van der Waals surface area contributed by atoms with E-state index in [-0.39, 0.29) is 11.5 Å². The van der Waals surface area contributed by atoms with Crippen LogP contribution in [0.3, 0.4) is 0 Å². The smallest absolute Gasteiger partial charge is 0.256 e. The Balaban J connectivity index is 1.73. The third-order valence-electron chi connectivity index (χ3n) is 4.50. The highest BCUT2D eigenvalue weighted by molar-refractivity contribution is 5.99. The van der Waals surface area contributed by atoms with Crippen molar-refractivity contribution in [3.05, 3.63) is 48.2 Å². The molecule has 0 spiro atoms. The molecule has 0 aliphatic heterocycles. The van der Waals surface area contributed by atoms with E-state index in [9.17, 15) is 9.18 Å². The van der Waals surface area contributed by atoms with Crippen molar-refractivity contribution >= 4 is 23.4 Å². The Labute approximate surface area is 172 Å². The minimum absolute atomic E-state index is 0.282. The summed E-state index contributed by atoms with van der Waals surface area (Å²) in [5.41, 5.74) is 1.39. The molecule has 0 saturated heterocycles. The lowest BCUT2D eigenvalue weighted by Crippen LogP contribution is -2.21. The van der Waals surface area contributed by atoms with Gasteiger partial charge in [0.2, 0.25) is 5.95 Å². The number of aromatic nitrogens is 4. The van der Waals surface area contributed by atoms with Crippen molar-refractivity contribution in [2.45, 2.75) is 18.9 Å². The van der Waals surface area contributed by atoms with E-state index in [1.807, 2.05) is 0 Å². The van der Waals surface area contributed by atoms with E-state index in [2.05, 4.69) is 35.9 Å². The Bertz CT molecular complexity index is 1070. The van der Waals surface area contributed by atoms with E-state index in [0.717, 1.165) is 25.2 Å². The first-order valence-electron chi connectivity index (χ1n) is 9.36. The normalized spacial score (nSPS) is 12.9. The van der Waals surface area contributed by atoms with Crippen molar-refractivity contribution < 1.29 is 13.9 Å². The van der Waals surface area contributed by atoms with Gasteiger partial charge in [-0.15, -0.1) is 0 Å². The monoisotopic (exact) mass is 409 g/mol. The number of anilines is 3. The molecule has 1 aliphatic rings. The molecule has 3 aromatic rings. The summed E-state index contributed by atoms with van der Waals surface area (Å²) in [6.45, 7) is 0. The Morgan fingerprint density at radius 1 is 1.17 bits per heavy atom. The zero-order valence-electron chi connectivity index (χ0n) is 16.4. The number of para-hydroxylation sites is 1. The average molecular weight is 409 g/mol. The summed E-state index contributed by atoms with van der Waals surface area (Å²) in [6, 6.07) is 5.67. The lowest BCUT2D eigenvalue weighted by molar-refractivity contribution is 0.0963. The van der Waals surface area contributed by atoms with Gasteiger partial charge in [-0.3, -0.25) is 4.79 Å². The van der Waals surface area contributed by atoms with Crippen molar-refractivity contribution in [2.24, 2.45) is 0 Å². The molecule has 0 atom stereocenters. The van der Waals surface area contributed by atoms with Gasteiger partial charge >= 0.3 is 0 Å². The highest BCUT2D eigenvalue weighted by Gasteiger charge is 2.23. The molecule has 1 fully saturated rings. The second kappa shape index (κ2) is 8.27. The summed E-state index contributed by atoms with van der Waals surface area (Å²) in [5.74, 6) is 0.642. The van der Waals surface area contributed by atoms with Crippen molar-refractivity contribution in [3.63, 3.8) is 0 Å². The van der Waals surface area contributed by atoms with E-state index in [0.29, 0.717) is 40.6 Å². The minimum Gasteiger partial charge on any atom is -0.494 e. The molecule has 2 aromatic heterocycles. The maximum Gasteiger partial charge on any atom is 0.256 e. The average Bonchev–Trinajstić information content (AvgIpc) is 3.58. The Morgan fingerprint density at radius 3 is 2.60 bits per heavy atom. The number of rotatable bonds is 7. The summed E-state index contributed by atoms with van der Waals surface area (Å²) in [7, 11) is 3.04. The quantitative estimate of drug-likeness (QED) is 0.546. The fourth-order valence-electron chi connectivity index (χ4n) is 2.87. The number of hydrogen-bond acceptors (Lipinski definition) is 8. The Kier molecular flexibility index (Phi) is 5.38. The van der Waals surface area contributed by atoms with Crippen molar-refractivity contribution in [2.75, 3.05) is 24.8 Å². The van der Waals surface area contributed by atoms with Crippen LogP contribution in [0, 0.1) is 5.82 Å². The Hall–Kier alpha value is -3.82. The molecule has 0 bridgehead atoms.